The van der Waals surface area contributed by atoms with Crippen LogP contribution in [0.4, 0.5) is 0 Å². The van der Waals surface area contributed by atoms with Gasteiger partial charge in [0.2, 0.25) is 0 Å². The molecule has 1 aromatic carbocycles. The third-order valence-electron chi connectivity index (χ3n) is 5.37. The molecule has 2 aliphatic rings. The van der Waals surface area contributed by atoms with E-state index in [-0.39, 0.29) is 24.0 Å². The third-order valence-corrected chi connectivity index (χ3v) is 5.37. The van der Waals surface area contributed by atoms with Gasteiger partial charge in [0.05, 0.1) is 6.61 Å². The van der Waals surface area contributed by atoms with Gasteiger partial charge in [-0.1, -0.05) is 18.2 Å². The molecule has 0 aromatic heterocycles. The summed E-state index contributed by atoms with van der Waals surface area (Å²) in [5.41, 5.74) is 1.19. The Hall–Kier alpha value is -1.02. The smallest absolute Gasteiger partial charge is 0.193 e. The molecule has 2 heterocycles. The van der Waals surface area contributed by atoms with Gasteiger partial charge in [-0.05, 0) is 57.8 Å². The summed E-state index contributed by atoms with van der Waals surface area (Å²) >= 11 is 0. The molecule has 2 saturated heterocycles. The van der Waals surface area contributed by atoms with Crippen LogP contribution in [0.25, 0.3) is 0 Å². The lowest BCUT2D eigenvalue weighted by molar-refractivity contribution is 0.249. The average Bonchev–Trinajstić information content (AvgIpc) is 3.33. The van der Waals surface area contributed by atoms with Crippen LogP contribution in [0.2, 0.25) is 0 Å². The van der Waals surface area contributed by atoms with E-state index in [0.29, 0.717) is 12.6 Å². The Bertz CT molecular complexity index is 589. The maximum absolute atomic E-state index is 5.88. The van der Waals surface area contributed by atoms with Crippen molar-refractivity contribution in [2.24, 2.45) is 4.99 Å². The highest BCUT2D eigenvalue weighted by Gasteiger charge is 2.30. The Morgan fingerprint density at radius 2 is 2.00 bits per heavy atom. The van der Waals surface area contributed by atoms with Crippen molar-refractivity contribution in [3.05, 3.63) is 29.8 Å². The normalized spacial score (nSPS) is 20.6. The van der Waals surface area contributed by atoms with Gasteiger partial charge in [-0.25, -0.2) is 0 Å². The Kier molecular flexibility index (Phi) is 9.68. The number of benzene rings is 1. The van der Waals surface area contributed by atoms with E-state index >= 15 is 0 Å². The number of hydrogen-bond donors (Lipinski definition) is 1. The summed E-state index contributed by atoms with van der Waals surface area (Å²) in [5, 5.41) is 3.47. The Balaban J connectivity index is 0.00000261. The molecule has 1 aromatic rings. The van der Waals surface area contributed by atoms with Crippen LogP contribution < -0.4 is 10.1 Å². The monoisotopic (exact) mass is 486 g/mol. The lowest BCUT2D eigenvalue weighted by Crippen LogP contribution is -2.42. The number of aliphatic imine (C=N–C) groups is 1. The van der Waals surface area contributed by atoms with Crippen molar-refractivity contribution >= 4 is 29.9 Å². The summed E-state index contributed by atoms with van der Waals surface area (Å²) in [6, 6.07) is 8.90. The van der Waals surface area contributed by atoms with E-state index < -0.39 is 0 Å². The van der Waals surface area contributed by atoms with Gasteiger partial charge in [-0.2, -0.15) is 0 Å². The Morgan fingerprint density at radius 3 is 2.74 bits per heavy atom. The fourth-order valence-corrected chi connectivity index (χ4v) is 3.91. The van der Waals surface area contributed by atoms with Crippen LogP contribution >= 0.6 is 24.0 Å². The first kappa shape index (κ1) is 22.3. The molecule has 27 heavy (non-hydrogen) atoms. The Labute approximate surface area is 181 Å². The van der Waals surface area contributed by atoms with E-state index in [1.807, 2.05) is 18.2 Å². The predicted octanol–water partition coefficient (Wildman–Crippen LogP) is 3.52. The average molecular weight is 486 g/mol. The molecular weight excluding hydrogens is 451 g/mol. The second kappa shape index (κ2) is 11.7. The predicted molar refractivity (Wildman–Crippen MR) is 123 cm³/mol. The molecule has 2 fully saturated rings. The van der Waals surface area contributed by atoms with Crippen LogP contribution in [0.3, 0.4) is 0 Å². The van der Waals surface area contributed by atoms with E-state index in [9.17, 15) is 0 Å². The number of nitrogens with one attached hydrogen (secondary N) is 1. The molecule has 2 aliphatic heterocycles. The van der Waals surface area contributed by atoms with E-state index in [4.69, 9.17) is 9.73 Å². The van der Waals surface area contributed by atoms with Crippen molar-refractivity contribution in [1.82, 2.24) is 15.1 Å². The second-order valence-corrected chi connectivity index (χ2v) is 7.33. The molecule has 1 atom stereocenters. The summed E-state index contributed by atoms with van der Waals surface area (Å²) in [7, 11) is 0. The molecular formula is C21H35IN4O. The topological polar surface area (TPSA) is 40.1 Å². The molecule has 0 saturated carbocycles. The van der Waals surface area contributed by atoms with Crippen LogP contribution in [0.15, 0.2) is 29.3 Å². The number of hydrogen-bond acceptors (Lipinski definition) is 3. The number of ether oxygens (including phenoxy) is 1. The molecule has 0 aliphatic carbocycles. The first-order valence-corrected chi connectivity index (χ1v) is 10.2. The van der Waals surface area contributed by atoms with Crippen molar-refractivity contribution in [1.29, 1.82) is 0 Å². The summed E-state index contributed by atoms with van der Waals surface area (Å²) in [6.45, 7) is 11.5. The molecule has 3 rings (SSSR count). The zero-order valence-electron chi connectivity index (χ0n) is 16.8. The summed E-state index contributed by atoms with van der Waals surface area (Å²) in [4.78, 5) is 9.95. The number of likely N-dealkylation sites (tertiary alicyclic amines) is 2. The first-order chi connectivity index (χ1) is 12.8. The number of aryl methyl sites for hydroxylation is 1. The van der Waals surface area contributed by atoms with Gasteiger partial charge in [0.15, 0.2) is 5.96 Å². The van der Waals surface area contributed by atoms with E-state index in [2.05, 4.69) is 35.0 Å². The number of para-hydroxylation sites is 1. The lowest BCUT2D eigenvalue weighted by atomic mass is 10.2. The molecule has 0 amide bonds. The van der Waals surface area contributed by atoms with Crippen molar-refractivity contribution in [2.75, 3.05) is 45.9 Å². The van der Waals surface area contributed by atoms with Crippen LogP contribution in [-0.4, -0.2) is 67.7 Å². The number of guanidine groups is 1. The highest BCUT2D eigenvalue weighted by atomic mass is 127. The first-order valence-electron chi connectivity index (χ1n) is 10.2. The minimum atomic E-state index is 0. The third kappa shape index (κ3) is 6.52. The maximum Gasteiger partial charge on any atom is 0.193 e. The standard InChI is InChI=1S/C21H34N4O.HI/c1-3-22-21(25-15-11-19(17-25)24-13-6-7-14-24)23-12-8-16-26-20-10-5-4-9-18(20)2;/h4-5,9-10,19H,3,6-8,11-17H2,1-2H3,(H,22,23);1H. The fourth-order valence-electron chi connectivity index (χ4n) is 3.91. The molecule has 0 spiro atoms. The van der Waals surface area contributed by atoms with Crippen LogP contribution in [0, 0.1) is 6.92 Å². The van der Waals surface area contributed by atoms with E-state index in [1.165, 1.54) is 37.9 Å². The molecule has 5 nitrogen and oxygen atoms in total. The van der Waals surface area contributed by atoms with Crippen molar-refractivity contribution in [3.63, 3.8) is 0 Å². The van der Waals surface area contributed by atoms with Gasteiger partial charge in [-0.3, -0.25) is 9.89 Å². The van der Waals surface area contributed by atoms with Crippen molar-refractivity contribution in [3.8, 4) is 5.75 Å². The SMILES string of the molecule is CCNC(=NCCCOc1ccccc1C)N1CCC(N2CCCC2)C1.I. The number of rotatable bonds is 7. The maximum atomic E-state index is 5.88. The highest BCUT2D eigenvalue weighted by Crippen LogP contribution is 2.20. The van der Waals surface area contributed by atoms with Crippen molar-refractivity contribution in [2.45, 2.75) is 45.6 Å². The Morgan fingerprint density at radius 1 is 1.22 bits per heavy atom. The second-order valence-electron chi connectivity index (χ2n) is 7.33. The fraction of sp³-hybridized carbons (Fsp3) is 0.667. The van der Waals surface area contributed by atoms with Gasteiger partial charge in [0.1, 0.15) is 5.75 Å². The zero-order valence-corrected chi connectivity index (χ0v) is 19.2. The molecule has 1 unspecified atom stereocenters. The molecule has 0 bridgehead atoms. The number of nitrogens with zero attached hydrogens (tertiary/aromatic N) is 3. The largest absolute Gasteiger partial charge is 0.493 e. The summed E-state index contributed by atoms with van der Waals surface area (Å²) in [5.74, 6) is 2.06. The van der Waals surface area contributed by atoms with Crippen LogP contribution in [0.1, 0.15) is 38.2 Å². The van der Waals surface area contributed by atoms with Gasteiger partial charge in [0.25, 0.3) is 0 Å². The van der Waals surface area contributed by atoms with E-state index in [1.54, 1.807) is 0 Å². The minimum absolute atomic E-state index is 0. The number of halogens is 1. The molecule has 0 radical (unpaired) electrons. The summed E-state index contributed by atoms with van der Waals surface area (Å²) < 4.78 is 5.88. The molecule has 6 heteroatoms. The van der Waals surface area contributed by atoms with Gasteiger partial charge in [-0.15, -0.1) is 24.0 Å². The van der Waals surface area contributed by atoms with E-state index in [0.717, 1.165) is 44.3 Å². The lowest BCUT2D eigenvalue weighted by Gasteiger charge is -2.25. The van der Waals surface area contributed by atoms with Crippen LogP contribution in [-0.2, 0) is 0 Å². The quantitative estimate of drug-likeness (QED) is 0.277. The van der Waals surface area contributed by atoms with Gasteiger partial charge < -0.3 is 15.0 Å². The minimum Gasteiger partial charge on any atom is -0.493 e. The highest BCUT2D eigenvalue weighted by molar-refractivity contribution is 14.0. The van der Waals surface area contributed by atoms with Crippen LogP contribution in [0.5, 0.6) is 5.75 Å². The van der Waals surface area contributed by atoms with Crippen molar-refractivity contribution < 1.29 is 4.74 Å². The zero-order chi connectivity index (χ0) is 18.2. The van der Waals surface area contributed by atoms with Gasteiger partial charge in [0, 0.05) is 38.6 Å². The summed E-state index contributed by atoms with van der Waals surface area (Å²) in [6.07, 6.45) is 4.94. The van der Waals surface area contributed by atoms with Gasteiger partial charge >= 0.3 is 0 Å². The molecule has 152 valence electrons. The molecule has 1 N–H and O–H groups in total.